The third-order valence-corrected chi connectivity index (χ3v) is 2.32. The minimum absolute atomic E-state index is 0.0449. The zero-order valence-electron chi connectivity index (χ0n) is 7.88. The van der Waals surface area contributed by atoms with E-state index in [4.69, 9.17) is 4.74 Å². The molecule has 0 aliphatic carbocycles. The number of Topliss-reactive ketones (excluding diaryl/α,β-unsaturated/α-hetero) is 1. The Kier molecular flexibility index (Phi) is 2.35. The molecule has 1 aliphatic rings. The van der Waals surface area contributed by atoms with Crippen LogP contribution in [-0.4, -0.2) is 29.2 Å². The number of benzene rings is 1. The molecule has 0 aromatic heterocycles. The van der Waals surface area contributed by atoms with Gasteiger partial charge in [0.05, 0.1) is 6.10 Å². The molecule has 1 saturated heterocycles. The molecule has 0 spiro atoms. The van der Waals surface area contributed by atoms with E-state index in [9.17, 15) is 9.90 Å². The molecule has 0 bridgehead atoms. The van der Waals surface area contributed by atoms with Crippen LogP contribution >= 0.6 is 0 Å². The summed E-state index contributed by atoms with van der Waals surface area (Å²) in [4.78, 5) is 11.7. The van der Waals surface area contributed by atoms with Gasteiger partial charge in [-0.1, -0.05) is 30.3 Å². The Morgan fingerprint density at radius 1 is 1.43 bits per heavy atom. The number of ether oxygens (including phenoxy) is 1. The van der Waals surface area contributed by atoms with Gasteiger partial charge in [0.1, 0.15) is 12.2 Å². The molecule has 3 nitrogen and oxygen atoms in total. The smallest absolute Gasteiger partial charge is 0.194 e. The van der Waals surface area contributed by atoms with Gasteiger partial charge in [0.2, 0.25) is 0 Å². The fraction of sp³-hybridized carbons (Fsp3) is 0.364. The van der Waals surface area contributed by atoms with E-state index < -0.39 is 12.2 Å². The fourth-order valence-corrected chi connectivity index (χ4v) is 1.47. The predicted molar refractivity (Wildman–Crippen MR) is 51.1 cm³/mol. The molecule has 0 saturated carbocycles. The van der Waals surface area contributed by atoms with Crippen LogP contribution in [0.1, 0.15) is 17.3 Å². The van der Waals surface area contributed by atoms with E-state index >= 15 is 0 Å². The van der Waals surface area contributed by atoms with Crippen LogP contribution < -0.4 is 0 Å². The van der Waals surface area contributed by atoms with Crippen LogP contribution in [0.25, 0.3) is 0 Å². The molecular weight excluding hydrogens is 180 g/mol. The predicted octanol–water partition coefficient (Wildman–Crippen LogP) is 1.02. The Hall–Kier alpha value is -1.19. The lowest BCUT2D eigenvalue weighted by atomic mass is 10.1. The van der Waals surface area contributed by atoms with E-state index in [0.29, 0.717) is 5.56 Å². The van der Waals surface area contributed by atoms with Crippen molar-refractivity contribution in [2.75, 3.05) is 0 Å². The standard InChI is InChI=1S/C11H12O3/c1-7(12)10-11(14-10)9(13)8-5-3-2-4-6-8/h2-7,10-12H,1H3/t7-,10+,11-/m0/s1. The first-order valence-corrected chi connectivity index (χ1v) is 4.63. The molecule has 0 radical (unpaired) electrons. The van der Waals surface area contributed by atoms with Gasteiger partial charge in [-0.2, -0.15) is 0 Å². The number of carbonyl (C=O) groups excluding carboxylic acids is 1. The summed E-state index contributed by atoms with van der Waals surface area (Å²) in [5.41, 5.74) is 0.639. The number of hydrogen-bond acceptors (Lipinski definition) is 3. The molecule has 1 aromatic rings. The minimum atomic E-state index is -0.576. The molecule has 1 N–H and O–H groups in total. The average molecular weight is 192 g/mol. The third kappa shape index (κ3) is 1.69. The lowest BCUT2D eigenvalue weighted by molar-refractivity contribution is 0.0953. The van der Waals surface area contributed by atoms with Crippen molar-refractivity contribution in [2.45, 2.75) is 25.2 Å². The van der Waals surface area contributed by atoms with E-state index in [0.717, 1.165) is 0 Å². The number of rotatable bonds is 3. The summed E-state index contributed by atoms with van der Waals surface area (Å²) in [7, 11) is 0. The maximum atomic E-state index is 11.7. The van der Waals surface area contributed by atoms with Crippen molar-refractivity contribution in [1.29, 1.82) is 0 Å². The van der Waals surface area contributed by atoms with Crippen LogP contribution in [0.2, 0.25) is 0 Å². The molecule has 0 unspecified atom stereocenters. The van der Waals surface area contributed by atoms with Gasteiger partial charge in [-0.05, 0) is 6.92 Å². The molecule has 3 atom stereocenters. The third-order valence-electron chi connectivity index (χ3n) is 2.32. The van der Waals surface area contributed by atoms with Crippen molar-refractivity contribution in [3.8, 4) is 0 Å². The number of carbonyl (C=O) groups is 1. The Labute approximate surface area is 82.3 Å². The SMILES string of the molecule is C[C@H](O)[C@H]1O[C@H]1C(=O)c1ccccc1. The lowest BCUT2D eigenvalue weighted by Crippen LogP contribution is -2.17. The summed E-state index contributed by atoms with van der Waals surface area (Å²) in [6.45, 7) is 1.63. The Morgan fingerprint density at radius 3 is 2.57 bits per heavy atom. The normalized spacial score (nSPS) is 27.0. The van der Waals surface area contributed by atoms with Crippen molar-refractivity contribution in [1.82, 2.24) is 0 Å². The summed E-state index contributed by atoms with van der Waals surface area (Å²) >= 11 is 0. The summed E-state index contributed by atoms with van der Waals surface area (Å²) in [6.07, 6.45) is -1.34. The molecule has 1 heterocycles. The Balaban J connectivity index is 2.05. The van der Waals surface area contributed by atoms with Gasteiger partial charge in [0, 0.05) is 5.56 Å². The van der Waals surface area contributed by atoms with Crippen LogP contribution in [0, 0.1) is 0 Å². The van der Waals surface area contributed by atoms with Crippen molar-refractivity contribution in [3.05, 3.63) is 35.9 Å². The van der Waals surface area contributed by atoms with Gasteiger partial charge in [-0.15, -0.1) is 0 Å². The van der Waals surface area contributed by atoms with Crippen molar-refractivity contribution in [3.63, 3.8) is 0 Å². The second-order valence-electron chi connectivity index (χ2n) is 3.49. The molecule has 1 aliphatic heterocycles. The van der Waals surface area contributed by atoms with Crippen molar-refractivity contribution >= 4 is 5.78 Å². The first kappa shape index (κ1) is 9.37. The largest absolute Gasteiger partial charge is 0.391 e. The maximum Gasteiger partial charge on any atom is 0.194 e. The topological polar surface area (TPSA) is 49.8 Å². The molecule has 14 heavy (non-hydrogen) atoms. The molecular formula is C11H12O3. The highest BCUT2D eigenvalue weighted by Gasteiger charge is 2.47. The number of hydrogen-bond donors (Lipinski definition) is 1. The summed E-state index contributed by atoms with van der Waals surface area (Å²) in [6, 6.07) is 8.99. The van der Waals surface area contributed by atoms with Gasteiger partial charge in [-0.25, -0.2) is 0 Å². The van der Waals surface area contributed by atoms with Crippen LogP contribution in [0.15, 0.2) is 30.3 Å². The highest BCUT2D eigenvalue weighted by molar-refractivity contribution is 6.01. The Morgan fingerprint density at radius 2 is 2.07 bits per heavy atom. The number of ketones is 1. The number of epoxide rings is 1. The number of aliphatic hydroxyl groups is 1. The minimum Gasteiger partial charge on any atom is -0.391 e. The van der Waals surface area contributed by atoms with Gasteiger partial charge in [0.25, 0.3) is 0 Å². The summed E-state index contributed by atoms with van der Waals surface area (Å²) in [5.74, 6) is -0.0449. The average Bonchev–Trinajstić information content (AvgIpc) is 2.97. The molecule has 0 amide bonds. The second kappa shape index (κ2) is 3.52. The monoisotopic (exact) mass is 192 g/mol. The first-order valence-electron chi connectivity index (χ1n) is 4.63. The molecule has 1 aromatic carbocycles. The van der Waals surface area contributed by atoms with Crippen molar-refractivity contribution < 1.29 is 14.6 Å². The van der Waals surface area contributed by atoms with Gasteiger partial charge in [0.15, 0.2) is 5.78 Å². The zero-order chi connectivity index (χ0) is 10.1. The van der Waals surface area contributed by atoms with E-state index in [1.807, 2.05) is 18.2 Å². The maximum absolute atomic E-state index is 11.7. The first-order chi connectivity index (χ1) is 6.70. The summed E-state index contributed by atoms with van der Waals surface area (Å²) in [5, 5.41) is 9.18. The fourth-order valence-electron chi connectivity index (χ4n) is 1.47. The highest BCUT2D eigenvalue weighted by atomic mass is 16.6. The zero-order valence-corrected chi connectivity index (χ0v) is 7.88. The molecule has 3 heteroatoms. The highest BCUT2D eigenvalue weighted by Crippen LogP contribution is 2.28. The lowest BCUT2D eigenvalue weighted by Gasteiger charge is -1.97. The van der Waals surface area contributed by atoms with Crippen LogP contribution in [0.3, 0.4) is 0 Å². The molecule has 2 rings (SSSR count). The van der Waals surface area contributed by atoms with E-state index in [2.05, 4.69) is 0 Å². The molecule has 1 fully saturated rings. The van der Waals surface area contributed by atoms with Crippen LogP contribution in [0.4, 0.5) is 0 Å². The van der Waals surface area contributed by atoms with Crippen LogP contribution in [0.5, 0.6) is 0 Å². The van der Waals surface area contributed by atoms with Gasteiger partial charge < -0.3 is 9.84 Å². The van der Waals surface area contributed by atoms with E-state index in [1.165, 1.54) is 0 Å². The van der Waals surface area contributed by atoms with Crippen LogP contribution in [-0.2, 0) is 4.74 Å². The molecule has 74 valence electrons. The summed E-state index contributed by atoms with van der Waals surface area (Å²) < 4.78 is 5.10. The Bertz CT molecular complexity index is 332. The van der Waals surface area contributed by atoms with Gasteiger partial charge >= 0.3 is 0 Å². The van der Waals surface area contributed by atoms with Gasteiger partial charge in [-0.3, -0.25) is 4.79 Å². The van der Waals surface area contributed by atoms with Crippen molar-refractivity contribution in [2.24, 2.45) is 0 Å². The van der Waals surface area contributed by atoms with E-state index in [-0.39, 0.29) is 11.9 Å². The quantitative estimate of drug-likeness (QED) is 0.574. The number of aliphatic hydroxyl groups excluding tert-OH is 1. The second-order valence-corrected chi connectivity index (χ2v) is 3.49. The van der Waals surface area contributed by atoms with E-state index in [1.54, 1.807) is 19.1 Å².